The molecule has 0 saturated heterocycles. The fraction of sp³-hybridized carbons (Fsp3) is 0.385. The average molecular weight is 345 g/mol. The molecule has 0 aliphatic rings. The van der Waals surface area contributed by atoms with E-state index in [1.165, 1.54) is 24.3 Å². The van der Waals surface area contributed by atoms with E-state index in [0.717, 1.165) is 0 Å². The number of nitrogens with one attached hydrogen (secondary N) is 1. The summed E-state index contributed by atoms with van der Waals surface area (Å²) >= 11 is 5.77. The van der Waals surface area contributed by atoms with E-state index in [0.29, 0.717) is 23.5 Å². The Labute approximate surface area is 134 Å². The van der Waals surface area contributed by atoms with Crippen molar-refractivity contribution >= 4 is 21.6 Å². The number of nitrogens with zero attached hydrogens (tertiary/aromatic N) is 3. The third kappa shape index (κ3) is 3.57. The lowest BCUT2D eigenvalue weighted by molar-refractivity contribution is 0.299. The Morgan fingerprint density at radius 3 is 2.55 bits per heavy atom. The third-order valence-electron chi connectivity index (χ3n) is 2.99. The molecule has 0 radical (unpaired) electrons. The topological polar surface area (TPSA) is 86.1 Å². The Bertz CT molecular complexity index is 743. The highest BCUT2D eigenvalue weighted by Crippen LogP contribution is 2.19. The highest BCUT2D eigenvalue weighted by molar-refractivity contribution is 7.89. The molecule has 1 atom stereocenters. The molecule has 0 fully saturated rings. The van der Waals surface area contributed by atoms with Crippen LogP contribution in [-0.4, -0.2) is 29.8 Å². The van der Waals surface area contributed by atoms with Gasteiger partial charge >= 0.3 is 6.01 Å². The number of halogens is 1. The lowest BCUT2D eigenvalue weighted by atomic mass is 10.3. The van der Waals surface area contributed by atoms with Crippen LogP contribution >= 0.6 is 11.6 Å². The average Bonchev–Trinajstić information content (AvgIpc) is 2.81. The number of ether oxygens (including phenoxy) is 1. The van der Waals surface area contributed by atoms with Crippen LogP contribution in [0.25, 0.3) is 0 Å². The van der Waals surface area contributed by atoms with Gasteiger partial charge in [0.25, 0.3) is 0 Å². The maximum absolute atomic E-state index is 12.3. The predicted octanol–water partition coefficient (Wildman–Crippen LogP) is 1.91. The summed E-state index contributed by atoms with van der Waals surface area (Å²) in [5.41, 5.74) is 0. The molecular weight excluding hydrogens is 328 g/mol. The highest BCUT2D eigenvalue weighted by atomic mass is 35.5. The minimum atomic E-state index is -3.67. The maximum atomic E-state index is 12.3. The molecule has 0 aliphatic carbocycles. The summed E-state index contributed by atoms with van der Waals surface area (Å²) in [6.07, 6.45) is 0. The van der Waals surface area contributed by atoms with Crippen molar-refractivity contribution in [3.8, 4) is 6.01 Å². The Balaban J connectivity index is 2.20. The van der Waals surface area contributed by atoms with Crippen LogP contribution in [0.1, 0.15) is 25.7 Å². The van der Waals surface area contributed by atoms with Gasteiger partial charge < -0.3 is 4.74 Å². The van der Waals surface area contributed by atoms with E-state index in [-0.39, 0.29) is 4.90 Å². The van der Waals surface area contributed by atoms with Crippen molar-refractivity contribution in [1.82, 2.24) is 19.5 Å². The van der Waals surface area contributed by atoms with Crippen LogP contribution in [0.3, 0.4) is 0 Å². The molecule has 7 nitrogen and oxygen atoms in total. The van der Waals surface area contributed by atoms with Gasteiger partial charge in [-0.1, -0.05) is 16.7 Å². The first-order valence-electron chi connectivity index (χ1n) is 6.65. The molecule has 22 heavy (non-hydrogen) atoms. The summed E-state index contributed by atoms with van der Waals surface area (Å²) < 4.78 is 34.1. The van der Waals surface area contributed by atoms with Crippen molar-refractivity contribution in [3.63, 3.8) is 0 Å². The Morgan fingerprint density at radius 1 is 1.32 bits per heavy atom. The smallest absolute Gasteiger partial charge is 0.316 e. The zero-order valence-corrected chi connectivity index (χ0v) is 14.0. The van der Waals surface area contributed by atoms with Gasteiger partial charge in [-0.15, -0.1) is 5.10 Å². The van der Waals surface area contributed by atoms with Gasteiger partial charge in [-0.3, -0.25) is 4.57 Å². The van der Waals surface area contributed by atoms with Crippen LogP contribution in [0.15, 0.2) is 29.2 Å². The van der Waals surface area contributed by atoms with Crippen LogP contribution in [0.4, 0.5) is 0 Å². The number of hydrogen-bond donors (Lipinski definition) is 1. The van der Waals surface area contributed by atoms with Crippen LogP contribution in [0, 0.1) is 0 Å². The number of sulfonamides is 1. The summed E-state index contributed by atoms with van der Waals surface area (Å²) in [6, 6.07) is 5.72. The van der Waals surface area contributed by atoms with Crippen molar-refractivity contribution in [1.29, 1.82) is 0 Å². The van der Waals surface area contributed by atoms with Gasteiger partial charge in [-0.25, -0.2) is 13.1 Å². The molecule has 0 bridgehead atoms. The van der Waals surface area contributed by atoms with E-state index in [2.05, 4.69) is 14.9 Å². The van der Waals surface area contributed by atoms with Gasteiger partial charge in [0.1, 0.15) is 0 Å². The lowest BCUT2D eigenvalue weighted by Crippen LogP contribution is -2.28. The van der Waals surface area contributed by atoms with Crippen LogP contribution < -0.4 is 9.46 Å². The number of rotatable bonds is 6. The molecule has 0 aliphatic heterocycles. The van der Waals surface area contributed by atoms with Crippen molar-refractivity contribution in [2.24, 2.45) is 7.05 Å². The molecule has 1 N–H and O–H groups in total. The van der Waals surface area contributed by atoms with E-state index >= 15 is 0 Å². The summed E-state index contributed by atoms with van der Waals surface area (Å²) in [4.78, 5) is 0.135. The van der Waals surface area contributed by atoms with Gasteiger partial charge in [-0.2, -0.15) is 0 Å². The summed E-state index contributed by atoms with van der Waals surface area (Å²) in [7, 11) is -1.96. The molecule has 9 heteroatoms. The van der Waals surface area contributed by atoms with Crippen molar-refractivity contribution < 1.29 is 13.2 Å². The lowest BCUT2D eigenvalue weighted by Gasteiger charge is -2.14. The van der Waals surface area contributed by atoms with Crippen molar-refractivity contribution in [2.45, 2.75) is 24.8 Å². The van der Waals surface area contributed by atoms with Crippen LogP contribution in [0.5, 0.6) is 6.01 Å². The first-order valence-corrected chi connectivity index (χ1v) is 8.51. The summed E-state index contributed by atoms with van der Waals surface area (Å²) in [5, 5.41) is 8.32. The molecule has 120 valence electrons. The highest BCUT2D eigenvalue weighted by Gasteiger charge is 2.22. The molecule has 0 amide bonds. The Morgan fingerprint density at radius 2 is 1.95 bits per heavy atom. The van der Waals surface area contributed by atoms with Gasteiger partial charge in [-0.05, 0) is 38.1 Å². The largest absolute Gasteiger partial charge is 0.464 e. The molecule has 0 unspecified atom stereocenters. The fourth-order valence-electron chi connectivity index (χ4n) is 1.93. The Kier molecular flexibility index (Phi) is 5.05. The molecule has 1 aromatic heterocycles. The van der Waals surface area contributed by atoms with Crippen LogP contribution in [0.2, 0.25) is 5.02 Å². The Hall–Kier alpha value is -1.64. The maximum Gasteiger partial charge on any atom is 0.316 e. The van der Waals surface area contributed by atoms with Gasteiger partial charge in [0, 0.05) is 12.1 Å². The minimum Gasteiger partial charge on any atom is -0.464 e. The van der Waals surface area contributed by atoms with Crippen LogP contribution in [-0.2, 0) is 17.1 Å². The monoisotopic (exact) mass is 344 g/mol. The van der Waals surface area contributed by atoms with E-state index in [4.69, 9.17) is 16.3 Å². The molecule has 1 aromatic carbocycles. The van der Waals surface area contributed by atoms with E-state index in [1.807, 2.05) is 6.92 Å². The van der Waals surface area contributed by atoms with Crippen molar-refractivity contribution in [2.75, 3.05) is 6.61 Å². The van der Waals surface area contributed by atoms with Gasteiger partial charge in [0.05, 0.1) is 17.5 Å². The first-order chi connectivity index (χ1) is 10.3. The number of benzene rings is 1. The normalized spacial score (nSPS) is 13.1. The second-order valence-corrected chi connectivity index (χ2v) is 6.78. The molecule has 1 heterocycles. The molecule has 0 saturated carbocycles. The third-order valence-corrected chi connectivity index (χ3v) is 4.79. The minimum absolute atomic E-state index is 0.135. The second-order valence-electron chi connectivity index (χ2n) is 4.63. The van der Waals surface area contributed by atoms with E-state index in [9.17, 15) is 8.42 Å². The van der Waals surface area contributed by atoms with E-state index in [1.54, 1.807) is 18.5 Å². The fourth-order valence-corrected chi connectivity index (χ4v) is 3.25. The zero-order chi connectivity index (χ0) is 16.3. The molecular formula is C13H17ClN4O3S. The van der Waals surface area contributed by atoms with Crippen molar-refractivity contribution in [3.05, 3.63) is 35.1 Å². The standard InChI is InChI=1S/C13H17ClN4O3S/c1-4-21-13-16-15-12(18(13)3)9(2)17-22(19,20)11-7-5-10(14)6-8-11/h5-9,17H,4H2,1-3H3/t9-/m1/s1. The molecule has 2 aromatic rings. The quantitative estimate of drug-likeness (QED) is 0.865. The zero-order valence-electron chi connectivity index (χ0n) is 12.4. The summed E-state index contributed by atoms with van der Waals surface area (Å²) in [5.74, 6) is 0.459. The second kappa shape index (κ2) is 6.64. The predicted molar refractivity (Wildman–Crippen MR) is 82.4 cm³/mol. The first kappa shape index (κ1) is 16.7. The number of hydrogen-bond acceptors (Lipinski definition) is 5. The van der Waals surface area contributed by atoms with E-state index < -0.39 is 16.1 Å². The van der Waals surface area contributed by atoms with Gasteiger partial charge in [0.2, 0.25) is 10.0 Å². The molecule has 0 spiro atoms. The SMILES string of the molecule is CCOc1nnc([C@@H](C)NS(=O)(=O)c2ccc(Cl)cc2)n1C. The molecule has 2 rings (SSSR count). The van der Waals surface area contributed by atoms with Gasteiger partial charge in [0.15, 0.2) is 5.82 Å². The summed E-state index contributed by atoms with van der Waals surface area (Å²) in [6.45, 7) is 3.98. The number of aromatic nitrogens is 3.